The molecular formula is C18H19F2N3O3S2. The van der Waals surface area contributed by atoms with Crippen molar-refractivity contribution in [2.24, 2.45) is 0 Å². The quantitative estimate of drug-likeness (QED) is 0.432. The molecule has 3 rings (SSSR count). The van der Waals surface area contributed by atoms with Crippen LogP contribution in [0.1, 0.15) is 31.2 Å². The van der Waals surface area contributed by atoms with Gasteiger partial charge in [-0.3, -0.25) is 0 Å². The van der Waals surface area contributed by atoms with Crippen molar-refractivity contribution in [3.63, 3.8) is 0 Å². The molecule has 0 amide bonds. The number of nitrogens with zero attached hydrogens (tertiary/aromatic N) is 2. The summed E-state index contributed by atoms with van der Waals surface area (Å²) in [4.78, 5) is 7.62. The van der Waals surface area contributed by atoms with Crippen LogP contribution in [0.5, 0.6) is 0 Å². The lowest BCUT2D eigenvalue weighted by atomic mass is 10.2. The Morgan fingerprint density at radius 1 is 1.29 bits per heavy atom. The summed E-state index contributed by atoms with van der Waals surface area (Å²) in [5.41, 5.74) is 0.368. The number of nitrogens with one attached hydrogen (secondary N) is 1. The van der Waals surface area contributed by atoms with Crippen molar-refractivity contribution in [2.45, 2.75) is 41.8 Å². The van der Waals surface area contributed by atoms with Gasteiger partial charge in [0.05, 0.1) is 0 Å². The highest BCUT2D eigenvalue weighted by Gasteiger charge is 2.20. The van der Waals surface area contributed by atoms with Crippen LogP contribution in [0.15, 0.2) is 39.9 Å². The fourth-order valence-corrected chi connectivity index (χ4v) is 4.44. The summed E-state index contributed by atoms with van der Waals surface area (Å²) in [6, 6.07) is 2.46. The molecule has 1 fully saturated rings. The minimum atomic E-state index is -4.14. The lowest BCUT2D eigenvalue weighted by molar-refractivity contribution is 0.552. The SMILES string of the molecule is C[S+]([O-])c1ncc(/C=C/S(=O)(=O)c2ccc(F)cc2F)c(NC2CCCC2)n1. The second kappa shape index (κ2) is 8.54. The van der Waals surface area contributed by atoms with E-state index >= 15 is 0 Å². The highest BCUT2D eigenvalue weighted by atomic mass is 32.2. The van der Waals surface area contributed by atoms with Gasteiger partial charge in [-0.25, -0.2) is 17.2 Å². The highest BCUT2D eigenvalue weighted by Crippen LogP contribution is 2.25. The standard InChI is InChI=1S/C18H19F2N3O3S2/c1-27(24)18-21-11-12(17(23-18)22-14-4-2-3-5-14)8-9-28(25,26)16-7-6-13(19)10-15(16)20/h6-11,14H,2-5H2,1H3,(H,21,22,23)/b9-8+. The first kappa shape index (κ1) is 20.7. The number of aromatic nitrogens is 2. The third kappa shape index (κ3) is 4.86. The van der Waals surface area contributed by atoms with Crippen LogP contribution >= 0.6 is 0 Å². The average molecular weight is 427 g/mol. The molecule has 0 bridgehead atoms. The molecule has 1 saturated carbocycles. The molecule has 10 heteroatoms. The Kier molecular flexibility index (Phi) is 6.31. The molecule has 6 nitrogen and oxygen atoms in total. The summed E-state index contributed by atoms with van der Waals surface area (Å²) in [5.74, 6) is -1.65. The van der Waals surface area contributed by atoms with Crippen molar-refractivity contribution in [3.05, 3.63) is 47.0 Å². The van der Waals surface area contributed by atoms with Crippen LogP contribution in [0, 0.1) is 11.6 Å². The van der Waals surface area contributed by atoms with Gasteiger partial charge < -0.3 is 9.87 Å². The zero-order valence-electron chi connectivity index (χ0n) is 15.1. The maximum Gasteiger partial charge on any atom is 0.344 e. The first-order valence-electron chi connectivity index (χ1n) is 8.61. The number of benzene rings is 1. The Morgan fingerprint density at radius 3 is 2.64 bits per heavy atom. The van der Waals surface area contributed by atoms with E-state index in [1.807, 2.05) is 0 Å². The zero-order chi connectivity index (χ0) is 20.3. The second-order valence-corrected chi connectivity index (χ2v) is 9.53. The Balaban J connectivity index is 1.93. The maximum atomic E-state index is 13.8. The van der Waals surface area contributed by atoms with Gasteiger partial charge in [-0.1, -0.05) is 12.8 Å². The molecule has 0 spiro atoms. The normalized spacial score (nSPS) is 16.6. The molecule has 0 radical (unpaired) electrons. The minimum Gasteiger partial charge on any atom is -0.609 e. The van der Waals surface area contributed by atoms with E-state index in [1.54, 1.807) is 0 Å². The van der Waals surface area contributed by atoms with Gasteiger partial charge >= 0.3 is 5.16 Å². The first-order valence-corrected chi connectivity index (χ1v) is 11.7. The number of hydrogen-bond acceptors (Lipinski definition) is 6. The Morgan fingerprint density at radius 2 is 2.00 bits per heavy atom. The van der Waals surface area contributed by atoms with E-state index in [1.165, 1.54) is 18.5 Å². The molecule has 1 aliphatic carbocycles. The molecule has 0 saturated heterocycles. The second-order valence-electron chi connectivity index (χ2n) is 6.46. The van der Waals surface area contributed by atoms with E-state index in [9.17, 15) is 21.8 Å². The van der Waals surface area contributed by atoms with Gasteiger partial charge in [-0.05, 0) is 31.1 Å². The van der Waals surface area contributed by atoms with E-state index in [0.29, 0.717) is 17.4 Å². The van der Waals surface area contributed by atoms with Crippen LogP contribution in [0.3, 0.4) is 0 Å². The van der Waals surface area contributed by atoms with Gasteiger partial charge in [0.15, 0.2) is 0 Å². The van der Waals surface area contributed by atoms with Crippen molar-refractivity contribution in [1.29, 1.82) is 0 Å². The molecule has 1 N–H and O–H groups in total. The van der Waals surface area contributed by atoms with Gasteiger partial charge in [0.1, 0.15) is 28.6 Å². The maximum absolute atomic E-state index is 13.8. The van der Waals surface area contributed by atoms with Gasteiger partial charge in [-0.15, -0.1) is 0 Å². The van der Waals surface area contributed by atoms with E-state index in [0.717, 1.165) is 43.2 Å². The molecular weight excluding hydrogens is 408 g/mol. The summed E-state index contributed by atoms with van der Waals surface area (Å²) in [6.07, 6.45) is 8.14. The highest BCUT2D eigenvalue weighted by molar-refractivity contribution is 7.94. The average Bonchev–Trinajstić information content (AvgIpc) is 3.13. The Bertz CT molecular complexity index is 992. The third-order valence-electron chi connectivity index (χ3n) is 4.38. The predicted molar refractivity (Wildman–Crippen MR) is 103 cm³/mol. The van der Waals surface area contributed by atoms with Crippen molar-refractivity contribution < 1.29 is 21.8 Å². The number of rotatable bonds is 6. The summed E-state index contributed by atoms with van der Waals surface area (Å²) in [7, 11) is -4.14. The molecule has 0 aliphatic heterocycles. The molecule has 1 aromatic heterocycles. The summed E-state index contributed by atoms with van der Waals surface area (Å²) >= 11 is -1.40. The Hall–Kier alpha value is -2.04. The van der Waals surface area contributed by atoms with E-state index < -0.39 is 37.5 Å². The van der Waals surface area contributed by atoms with Crippen molar-refractivity contribution in [3.8, 4) is 0 Å². The van der Waals surface area contributed by atoms with Crippen molar-refractivity contribution in [2.75, 3.05) is 11.6 Å². The largest absolute Gasteiger partial charge is 0.609 e. The first-order chi connectivity index (χ1) is 13.3. The minimum absolute atomic E-state index is 0.130. The lowest BCUT2D eigenvalue weighted by Crippen LogP contribution is -2.18. The fourth-order valence-electron chi connectivity index (χ4n) is 2.96. The zero-order valence-corrected chi connectivity index (χ0v) is 16.7. The van der Waals surface area contributed by atoms with Crippen LogP contribution in [-0.4, -0.2) is 35.2 Å². The molecule has 1 aliphatic rings. The van der Waals surface area contributed by atoms with Crippen LogP contribution in [-0.2, 0) is 21.0 Å². The van der Waals surface area contributed by atoms with Crippen molar-refractivity contribution >= 4 is 32.9 Å². The fraction of sp³-hybridized carbons (Fsp3) is 0.333. The summed E-state index contributed by atoms with van der Waals surface area (Å²) in [5, 5.41) is 4.20. The number of anilines is 1. The van der Waals surface area contributed by atoms with Gasteiger partial charge in [0, 0.05) is 40.5 Å². The topological polar surface area (TPSA) is 95.0 Å². The van der Waals surface area contributed by atoms with E-state index in [4.69, 9.17) is 0 Å². The lowest BCUT2D eigenvalue weighted by Gasteiger charge is -2.15. The number of hydrogen-bond donors (Lipinski definition) is 1. The van der Waals surface area contributed by atoms with E-state index in [-0.39, 0.29) is 11.2 Å². The van der Waals surface area contributed by atoms with E-state index in [2.05, 4.69) is 15.3 Å². The van der Waals surface area contributed by atoms with Crippen molar-refractivity contribution in [1.82, 2.24) is 9.97 Å². The number of halogens is 2. The molecule has 1 heterocycles. The Labute approximate surface area is 165 Å². The molecule has 1 unspecified atom stereocenters. The monoisotopic (exact) mass is 427 g/mol. The summed E-state index contributed by atoms with van der Waals surface area (Å²) < 4.78 is 63.4. The summed E-state index contributed by atoms with van der Waals surface area (Å²) in [6.45, 7) is 0. The van der Waals surface area contributed by atoms with Gasteiger partial charge in [0.25, 0.3) is 0 Å². The molecule has 150 valence electrons. The molecule has 28 heavy (non-hydrogen) atoms. The van der Waals surface area contributed by atoms with Crippen LogP contribution in [0.2, 0.25) is 0 Å². The molecule has 2 aromatic rings. The predicted octanol–water partition coefficient (Wildman–Crippen LogP) is 3.29. The van der Waals surface area contributed by atoms with Crippen LogP contribution in [0.25, 0.3) is 6.08 Å². The van der Waals surface area contributed by atoms with Crippen LogP contribution < -0.4 is 5.32 Å². The van der Waals surface area contributed by atoms with Crippen LogP contribution in [0.4, 0.5) is 14.6 Å². The third-order valence-corrected chi connectivity index (χ3v) is 6.52. The van der Waals surface area contributed by atoms with Gasteiger partial charge in [0.2, 0.25) is 9.84 Å². The molecule has 1 aromatic carbocycles. The van der Waals surface area contributed by atoms with Gasteiger partial charge in [-0.2, -0.15) is 9.97 Å². The molecule has 1 atom stereocenters. The smallest absolute Gasteiger partial charge is 0.344 e. The number of sulfone groups is 1.